The molecule has 1 unspecified atom stereocenters. The van der Waals surface area contributed by atoms with E-state index in [0.29, 0.717) is 10.2 Å². The minimum atomic E-state index is -4.50. The zero-order chi connectivity index (χ0) is 21.4. The van der Waals surface area contributed by atoms with Gasteiger partial charge < -0.3 is 10.7 Å². The lowest BCUT2D eigenvalue weighted by molar-refractivity contribution is -0.184. The van der Waals surface area contributed by atoms with E-state index < -0.39 is 11.6 Å². The van der Waals surface area contributed by atoms with Crippen LogP contribution < -0.4 is 10.7 Å². The Kier molecular flexibility index (Phi) is 6.58. The largest absolute Gasteiger partial charge is 0.400 e. The van der Waals surface area contributed by atoms with E-state index in [1.165, 1.54) is 12.1 Å². The molecule has 0 radical (unpaired) electrons. The van der Waals surface area contributed by atoms with Gasteiger partial charge in [0.15, 0.2) is 0 Å². The number of nitrogens with two attached hydrogens (primary N) is 1. The van der Waals surface area contributed by atoms with Crippen LogP contribution in [0.3, 0.4) is 0 Å². The number of rotatable bonds is 4. The van der Waals surface area contributed by atoms with Gasteiger partial charge in [0.2, 0.25) is 0 Å². The molecule has 0 aliphatic carbocycles. The third-order valence-corrected chi connectivity index (χ3v) is 7.01. The van der Waals surface area contributed by atoms with Gasteiger partial charge in [0, 0.05) is 23.2 Å². The second kappa shape index (κ2) is 8.49. The van der Waals surface area contributed by atoms with Crippen molar-refractivity contribution in [2.45, 2.75) is 24.6 Å². The first-order valence-electron chi connectivity index (χ1n) is 8.41. The summed E-state index contributed by atoms with van der Waals surface area (Å²) in [5, 5.41) is 6.97. The van der Waals surface area contributed by atoms with E-state index in [-0.39, 0.29) is 46.7 Å². The van der Waals surface area contributed by atoms with Crippen LogP contribution in [0.5, 0.6) is 0 Å². The van der Waals surface area contributed by atoms with E-state index in [1.54, 1.807) is 23.1 Å². The summed E-state index contributed by atoms with van der Waals surface area (Å²) in [6.07, 6.45) is -4.63. The number of anilines is 1. The summed E-state index contributed by atoms with van der Waals surface area (Å²) in [5.41, 5.74) is -0.627. The maximum absolute atomic E-state index is 14.2. The molecule has 11 heteroatoms. The quantitative estimate of drug-likeness (QED) is 0.201. The van der Waals surface area contributed by atoms with Gasteiger partial charge in [-0.25, -0.2) is 0 Å². The first-order chi connectivity index (χ1) is 13.6. The molecule has 1 aliphatic heterocycles. The maximum atomic E-state index is 14.2. The van der Waals surface area contributed by atoms with Crippen molar-refractivity contribution < 1.29 is 13.2 Å². The Morgan fingerprint density at radius 1 is 1.14 bits per heavy atom. The Morgan fingerprint density at radius 3 is 2.34 bits per heavy atom. The van der Waals surface area contributed by atoms with Crippen LogP contribution in [0.15, 0.2) is 45.1 Å². The summed E-state index contributed by atoms with van der Waals surface area (Å²) in [6, 6.07) is 7.79. The van der Waals surface area contributed by atoms with Crippen LogP contribution in [-0.4, -0.2) is 19.3 Å². The van der Waals surface area contributed by atoms with E-state index in [0.717, 1.165) is 5.56 Å². The van der Waals surface area contributed by atoms with Gasteiger partial charge in [0.1, 0.15) is 5.41 Å². The van der Waals surface area contributed by atoms with Gasteiger partial charge in [-0.1, -0.05) is 62.0 Å². The molecule has 3 rings (SSSR count). The zero-order valence-electron chi connectivity index (χ0n) is 14.8. The normalized spacial score (nSPS) is 20.0. The molecule has 0 amide bonds. The highest BCUT2D eigenvalue weighted by Crippen LogP contribution is 2.50. The third kappa shape index (κ3) is 4.31. The van der Waals surface area contributed by atoms with Crippen molar-refractivity contribution in [3.8, 4) is 0 Å². The molecule has 1 saturated heterocycles. The second-order valence-electron chi connectivity index (χ2n) is 6.70. The van der Waals surface area contributed by atoms with E-state index in [1.807, 2.05) is 0 Å². The van der Waals surface area contributed by atoms with Gasteiger partial charge in [0.25, 0.3) is 0 Å². The van der Waals surface area contributed by atoms with E-state index in [4.69, 9.17) is 40.6 Å². The van der Waals surface area contributed by atoms with Gasteiger partial charge >= 0.3 is 6.18 Å². The predicted molar refractivity (Wildman–Crippen MR) is 113 cm³/mol. The molecule has 0 saturated carbocycles. The molecule has 1 atom stereocenters. The van der Waals surface area contributed by atoms with Gasteiger partial charge in [-0.05, 0) is 41.8 Å². The number of benzene rings is 2. The van der Waals surface area contributed by atoms with E-state index >= 15 is 0 Å². The van der Waals surface area contributed by atoms with Crippen LogP contribution in [0.4, 0.5) is 18.9 Å². The third-order valence-electron chi connectivity index (χ3n) is 5.07. The van der Waals surface area contributed by atoms with Crippen LogP contribution in [0, 0.1) is 0 Å². The van der Waals surface area contributed by atoms with Crippen molar-refractivity contribution in [2.75, 3.05) is 18.0 Å². The van der Waals surface area contributed by atoms with E-state index in [9.17, 15) is 13.2 Å². The lowest BCUT2D eigenvalue weighted by Crippen LogP contribution is -2.44. The molecule has 2 aromatic rings. The van der Waals surface area contributed by atoms with Gasteiger partial charge in [-0.3, -0.25) is 0 Å². The fourth-order valence-electron chi connectivity index (χ4n) is 3.47. The SMILES string of the molecule is NN=NCc1ccc(N2CCC(c3cc(Cl)c(Cl)c(Cl)c3)(C(F)(F)F)C2)cc1Br. The summed E-state index contributed by atoms with van der Waals surface area (Å²) in [4.78, 5) is 1.68. The molecule has 29 heavy (non-hydrogen) atoms. The highest BCUT2D eigenvalue weighted by atomic mass is 79.9. The Bertz CT molecular complexity index is 931. The average molecular weight is 531 g/mol. The Morgan fingerprint density at radius 2 is 1.79 bits per heavy atom. The lowest BCUT2D eigenvalue weighted by atomic mass is 9.79. The van der Waals surface area contributed by atoms with Crippen LogP contribution in [0.2, 0.25) is 15.1 Å². The molecule has 0 spiro atoms. The molecule has 4 nitrogen and oxygen atoms in total. The molecular formula is C18H15BrCl3F3N4. The topological polar surface area (TPSA) is 54.0 Å². The number of alkyl halides is 3. The molecule has 1 heterocycles. The lowest BCUT2D eigenvalue weighted by Gasteiger charge is -2.33. The minimum absolute atomic E-state index is 0.00240. The zero-order valence-corrected chi connectivity index (χ0v) is 18.6. The molecule has 1 aliphatic rings. The summed E-state index contributed by atoms with van der Waals surface area (Å²) in [7, 11) is 0. The van der Waals surface area contributed by atoms with Gasteiger partial charge in [-0.2, -0.15) is 18.3 Å². The summed E-state index contributed by atoms with van der Waals surface area (Å²) >= 11 is 21.4. The Hall–Kier alpha value is -1.22. The Balaban J connectivity index is 1.97. The van der Waals surface area contributed by atoms with Crippen molar-refractivity contribution in [1.29, 1.82) is 0 Å². The number of hydrogen-bond donors (Lipinski definition) is 1. The van der Waals surface area contributed by atoms with Gasteiger partial charge in [-0.15, -0.1) is 0 Å². The molecular weight excluding hydrogens is 515 g/mol. The number of halogens is 7. The molecule has 2 aromatic carbocycles. The van der Waals surface area contributed by atoms with Crippen LogP contribution in [-0.2, 0) is 12.0 Å². The highest BCUT2D eigenvalue weighted by Gasteiger charge is 2.59. The van der Waals surface area contributed by atoms with Gasteiger partial charge in [0.05, 0.1) is 21.6 Å². The average Bonchev–Trinajstić information content (AvgIpc) is 3.11. The maximum Gasteiger partial charge on any atom is 0.400 e. The van der Waals surface area contributed by atoms with Crippen LogP contribution >= 0.6 is 50.7 Å². The molecule has 0 aromatic heterocycles. The molecule has 2 N–H and O–H groups in total. The number of nitrogens with zero attached hydrogens (tertiary/aromatic N) is 3. The molecule has 156 valence electrons. The monoisotopic (exact) mass is 528 g/mol. The van der Waals surface area contributed by atoms with Crippen LogP contribution in [0.1, 0.15) is 17.5 Å². The first kappa shape index (κ1) is 22.5. The first-order valence-corrected chi connectivity index (χ1v) is 10.3. The number of hydrogen-bond acceptors (Lipinski definition) is 3. The summed E-state index contributed by atoms with van der Waals surface area (Å²) in [5.74, 6) is 5.01. The fourth-order valence-corrected chi connectivity index (χ4v) is 4.56. The Labute approximate surface area is 188 Å². The van der Waals surface area contributed by atoms with Crippen molar-refractivity contribution >= 4 is 56.4 Å². The summed E-state index contributed by atoms with van der Waals surface area (Å²) < 4.78 is 43.5. The fraction of sp³-hybridized carbons (Fsp3) is 0.333. The summed E-state index contributed by atoms with van der Waals surface area (Å²) in [6.45, 7) is 0.219. The predicted octanol–water partition coefficient (Wildman–Crippen LogP) is 6.95. The van der Waals surface area contributed by atoms with Crippen molar-refractivity contribution in [1.82, 2.24) is 0 Å². The molecule has 0 bridgehead atoms. The standard InChI is InChI=1S/C18H15BrCl3F3N4/c19-13-7-12(2-1-10(13)8-27-28-26)29-4-3-17(9-29,18(23,24)25)11-5-14(20)16(22)15(21)6-11/h1-2,5-7H,3-4,8-9H2,(H2,26,27). The van der Waals surface area contributed by atoms with Crippen molar-refractivity contribution in [3.63, 3.8) is 0 Å². The smallest absolute Gasteiger partial charge is 0.370 e. The molecule has 1 fully saturated rings. The van der Waals surface area contributed by atoms with Crippen molar-refractivity contribution in [3.05, 3.63) is 61.0 Å². The van der Waals surface area contributed by atoms with Crippen LogP contribution in [0.25, 0.3) is 0 Å². The minimum Gasteiger partial charge on any atom is -0.370 e. The van der Waals surface area contributed by atoms with E-state index in [2.05, 4.69) is 26.3 Å². The second-order valence-corrected chi connectivity index (χ2v) is 8.74. The van der Waals surface area contributed by atoms with Crippen molar-refractivity contribution in [2.24, 2.45) is 16.2 Å². The highest BCUT2D eigenvalue weighted by molar-refractivity contribution is 9.10.